The summed E-state index contributed by atoms with van der Waals surface area (Å²) in [5, 5.41) is 3.30. The van der Waals surface area contributed by atoms with Crippen LogP contribution in [0.2, 0.25) is 0 Å². The Balaban J connectivity index is 1.95. The molecule has 1 saturated heterocycles. The van der Waals surface area contributed by atoms with Crippen LogP contribution in [0.4, 0.5) is 0 Å². The quantitative estimate of drug-likeness (QED) is 0.728. The lowest BCUT2D eigenvalue weighted by atomic mass is 9.95. The Morgan fingerprint density at radius 1 is 1.33 bits per heavy atom. The fourth-order valence-corrected chi connectivity index (χ4v) is 3.04. The number of nitrogens with one attached hydrogen (secondary N) is 1. The van der Waals surface area contributed by atoms with E-state index in [1.54, 1.807) is 7.05 Å². The minimum absolute atomic E-state index is 0.0807. The minimum Gasteiger partial charge on any atom is -0.304 e. The number of carbonyl (C=O) groups excluding carboxylic acids is 2. The van der Waals surface area contributed by atoms with Crippen LogP contribution in [0, 0.1) is 0 Å². The maximum Gasteiger partial charge on any atom is 0.246 e. The van der Waals surface area contributed by atoms with Gasteiger partial charge in [0.15, 0.2) is 0 Å². The number of carbonyl (C=O) groups is 2. The summed E-state index contributed by atoms with van der Waals surface area (Å²) in [6, 6.07) is -0.320. The standard InChI is InChI=1S/C13H23N3O2/c1-15(2)13(6-4-5-7-13)9-14-10-8-11(17)16(3)12(10)18/h10,14H,4-9H2,1-3H3. The molecule has 0 bridgehead atoms. The Morgan fingerprint density at radius 3 is 2.39 bits per heavy atom. The number of likely N-dealkylation sites (N-methyl/N-ethyl adjacent to an activating group) is 2. The zero-order valence-corrected chi connectivity index (χ0v) is 11.5. The number of rotatable bonds is 4. The van der Waals surface area contributed by atoms with E-state index < -0.39 is 0 Å². The van der Waals surface area contributed by atoms with Gasteiger partial charge in [0.25, 0.3) is 0 Å². The van der Waals surface area contributed by atoms with E-state index in [0.29, 0.717) is 6.42 Å². The lowest BCUT2D eigenvalue weighted by molar-refractivity contribution is -0.137. The summed E-state index contributed by atoms with van der Waals surface area (Å²) in [4.78, 5) is 26.8. The first kappa shape index (κ1) is 13.5. The number of hydrogen-bond acceptors (Lipinski definition) is 4. The molecule has 5 heteroatoms. The lowest BCUT2D eigenvalue weighted by Gasteiger charge is -2.37. The molecule has 1 saturated carbocycles. The molecule has 0 spiro atoms. The van der Waals surface area contributed by atoms with Gasteiger partial charge >= 0.3 is 0 Å². The molecule has 0 radical (unpaired) electrons. The van der Waals surface area contributed by atoms with Crippen LogP contribution in [0.3, 0.4) is 0 Å². The average Bonchev–Trinajstić information content (AvgIpc) is 2.89. The largest absolute Gasteiger partial charge is 0.304 e. The molecule has 1 aliphatic carbocycles. The molecule has 0 aromatic heterocycles. The fourth-order valence-electron chi connectivity index (χ4n) is 3.04. The van der Waals surface area contributed by atoms with Crippen LogP contribution < -0.4 is 5.32 Å². The average molecular weight is 253 g/mol. The van der Waals surface area contributed by atoms with E-state index in [2.05, 4.69) is 24.3 Å². The topological polar surface area (TPSA) is 52.7 Å². The van der Waals surface area contributed by atoms with Crippen molar-refractivity contribution in [3.05, 3.63) is 0 Å². The normalized spacial score (nSPS) is 27.6. The predicted molar refractivity (Wildman–Crippen MR) is 69.1 cm³/mol. The second-order valence-electron chi connectivity index (χ2n) is 5.75. The molecular formula is C13H23N3O2. The second kappa shape index (κ2) is 4.97. The van der Waals surface area contributed by atoms with E-state index in [-0.39, 0.29) is 23.4 Å². The van der Waals surface area contributed by atoms with Crippen LogP contribution in [0.1, 0.15) is 32.1 Å². The molecular weight excluding hydrogens is 230 g/mol. The summed E-state index contributed by atoms with van der Waals surface area (Å²) in [7, 11) is 5.76. The highest BCUT2D eigenvalue weighted by atomic mass is 16.2. The van der Waals surface area contributed by atoms with Crippen LogP contribution in [0.25, 0.3) is 0 Å². The van der Waals surface area contributed by atoms with Gasteiger partial charge in [-0.05, 0) is 26.9 Å². The first-order valence-electron chi connectivity index (χ1n) is 6.67. The molecule has 0 aromatic rings. The summed E-state index contributed by atoms with van der Waals surface area (Å²) in [6.45, 7) is 0.789. The Bertz CT molecular complexity index is 348. The van der Waals surface area contributed by atoms with E-state index in [4.69, 9.17) is 0 Å². The van der Waals surface area contributed by atoms with Crippen LogP contribution in [-0.2, 0) is 9.59 Å². The zero-order valence-electron chi connectivity index (χ0n) is 11.5. The van der Waals surface area contributed by atoms with Crippen molar-refractivity contribution in [1.29, 1.82) is 0 Å². The molecule has 102 valence electrons. The van der Waals surface area contributed by atoms with Gasteiger partial charge in [0, 0.05) is 19.1 Å². The highest BCUT2D eigenvalue weighted by Gasteiger charge is 2.40. The van der Waals surface area contributed by atoms with E-state index >= 15 is 0 Å². The van der Waals surface area contributed by atoms with Gasteiger partial charge < -0.3 is 10.2 Å². The predicted octanol–water partition coefficient (Wildman–Crippen LogP) is 0.208. The third kappa shape index (κ3) is 2.29. The van der Waals surface area contributed by atoms with Gasteiger partial charge in [-0.2, -0.15) is 0 Å². The van der Waals surface area contributed by atoms with Crippen molar-refractivity contribution in [1.82, 2.24) is 15.1 Å². The summed E-state index contributed by atoms with van der Waals surface area (Å²) in [5.41, 5.74) is 0.157. The monoisotopic (exact) mass is 253 g/mol. The Hall–Kier alpha value is -0.940. The SMILES string of the molecule is CN1C(=O)CC(NCC2(N(C)C)CCCC2)C1=O. The highest BCUT2D eigenvalue weighted by Crippen LogP contribution is 2.33. The molecule has 1 N–H and O–H groups in total. The molecule has 1 atom stereocenters. The van der Waals surface area contributed by atoms with Gasteiger partial charge in [0.05, 0.1) is 12.5 Å². The molecule has 5 nitrogen and oxygen atoms in total. The van der Waals surface area contributed by atoms with Gasteiger partial charge in [0.2, 0.25) is 11.8 Å². The molecule has 2 amide bonds. The summed E-state index contributed by atoms with van der Waals surface area (Å²) >= 11 is 0. The van der Waals surface area contributed by atoms with E-state index in [0.717, 1.165) is 19.4 Å². The van der Waals surface area contributed by atoms with Crippen molar-refractivity contribution < 1.29 is 9.59 Å². The van der Waals surface area contributed by atoms with Crippen molar-refractivity contribution in [3.8, 4) is 0 Å². The summed E-state index contributed by atoms with van der Waals surface area (Å²) in [6.07, 6.45) is 5.13. The highest BCUT2D eigenvalue weighted by molar-refractivity contribution is 6.05. The molecule has 2 rings (SSSR count). The van der Waals surface area contributed by atoms with Gasteiger partial charge in [-0.25, -0.2) is 0 Å². The van der Waals surface area contributed by atoms with E-state index in [1.165, 1.54) is 17.7 Å². The van der Waals surface area contributed by atoms with Crippen molar-refractivity contribution in [2.24, 2.45) is 0 Å². The Morgan fingerprint density at radius 2 is 1.94 bits per heavy atom. The molecule has 2 aliphatic rings. The van der Waals surface area contributed by atoms with Crippen molar-refractivity contribution in [3.63, 3.8) is 0 Å². The molecule has 1 heterocycles. The molecule has 18 heavy (non-hydrogen) atoms. The molecule has 0 aromatic carbocycles. The van der Waals surface area contributed by atoms with Crippen molar-refractivity contribution in [2.75, 3.05) is 27.7 Å². The zero-order chi connectivity index (χ0) is 13.3. The molecule has 1 aliphatic heterocycles. The van der Waals surface area contributed by atoms with Crippen LogP contribution >= 0.6 is 0 Å². The van der Waals surface area contributed by atoms with E-state index in [1.807, 2.05) is 0 Å². The van der Waals surface area contributed by atoms with E-state index in [9.17, 15) is 9.59 Å². The number of hydrogen-bond donors (Lipinski definition) is 1. The van der Waals surface area contributed by atoms with Gasteiger partial charge in [0.1, 0.15) is 0 Å². The number of nitrogens with zero attached hydrogens (tertiary/aromatic N) is 2. The number of likely N-dealkylation sites (tertiary alicyclic amines) is 1. The van der Waals surface area contributed by atoms with Crippen LogP contribution in [0.15, 0.2) is 0 Å². The minimum atomic E-state index is -0.320. The number of imide groups is 1. The summed E-state index contributed by atoms with van der Waals surface area (Å²) in [5.74, 6) is -0.172. The molecule has 2 fully saturated rings. The first-order chi connectivity index (χ1) is 8.46. The second-order valence-corrected chi connectivity index (χ2v) is 5.75. The van der Waals surface area contributed by atoms with Gasteiger partial charge in [-0.3, -0.25) is 14.5 Å². The third-order valence-electron chi connectivity index (χ3n) is 4.54. The van der Waals surface area contributed by atoms with Crippen LogP contribution in [-0.4, -0.2) is 60.9 Å². The van der Waals surface area contributed by atoms with Crippen molar-refractivity contribution >= 4 is 11.8 Å². The first-order valence-corrected chi connectivity index (χ1v) is 6.67. The van der Waals surface area contributed by atoms with Gasteiger partial charge in [-0.1, -0.05) is 12.8 Å². The maximum absolute atomic E-state index is 11.8. The Kier molecular flexibility index (Phi) is 3.73. The molecule has 1 unspecified atom stereocenters. The van der Waals surface area contributed by atoms with Gasteiger partial charge in [-0.15, -0.1) is 0 Å². The van der Waals surface area contributed by atoms with Crippen molar-refractivity contribution in [2.45, 2.75) is 43.7 Å². The number of amides is 2. The lowest BCUT2D eigenvalue weighted by Crippen LogP contribution is -2.52. The third-order valence-corrected chi connectivity index (χ3v) is 4.54. The fraction of sp³-hybridized carbons (Fsp3) is 0.846. The maximum atomic E-state index is 11.8. The Labute approximate surface area is 108 Å². The van der Waals surface area contributed by atoms with Crippen LogP contribution in [0.5, 0.6) is 0 Å². The smallest absolute Gasteiger partial charge is 0.246 e. The summed E-state index contributed by atoms with van der Waals surface area (Å²) < 4.78 is 0.